The van der Waals surface area contributed by atoms with Crippen LogP contribution >= 0.6 is 0 Å². The zero-order valence-electron chi connectivity index (χ0n) is 24.9. The first kappa shape index (κ1) is 25.2. The molecule has 214 valence electrons. The second kappa shape index (κ2) is 9.65. The van der Waals surface area contributed by atoms with Crippen LogP contribution in [-0.2, 0) is 0 Å². The Balaban J connectivity index is 1.28. The summed E-state index contributed by atoms with van der Waals surface area (Å²) >= 11 is 0. The van der Waals surface area contributed by atoms with Gasteiger partial charge in [0.05, 0.1) is 22.1 Å². The minimum absolute atomic E-state index is 0.945. The summed E-state index contributed by atoms with van der Waals surface area (Å²) in [6.07, 6.45) is 0. The standard InChI is InChI=1S/C43H27N3/c1-3-12-30(13-4-1)43-44-37-25-21-29-19-20-31-27-33(23-24-35(31)40(29)42(37)46(43)32-14-5-2-6-15-32)45-38-18-10-9-17-36(38)41-34-16-8-7-11-28(34)22-26-39(41)45/h1-27H. The molecule has 46 heavy (non-hydrogen) atoms. The highest BCUT2D eigenvalue weighted by atomic mass is 15.1. The summed E-state index contributed by atoms with van der Waals surface area (Å²) < 4.78 is 4.75. The average Bonchev–Trinajstić information content (AvgIpc) is 3.69. The normalized spacial score (nSPS) is 11.9. The third-order valence-electron chi connectivity index (χ3n) is 9.46. The second-order valence-electron chi connectivity index (χ2n) is 12.0. The van der Waals surface area contributed by atoms with E-state index in [1.54, 1.807) is 0 Å². The summed E-state index contributed by atoms with van der Waals surface area (Å²) in [7, 11) is 0. The molecule has 2 heterocycles. The van der Waals surface area contributed by atoms with Crippen molar-refractivity contribution in [1.29, 1.82) is 0 Å². The van der Waals surface area contributed by atoms with Crippen molar-refractivity contribution in [1.82, 2.24) is 14.1 Å². The van der Waals surface area contributed by atoms with Crippen LogP contribution in [0.15, 0.2) is 164 Å². The van der Waals surface area contributed by atoms with Gasteiger partial charge in [-0.05, 0) is 69.4 Å². The van der Waals surface area contributed by atoms with E-state index in [-0.39, 0.29) is 0 Å². The van der Waals surface area contributed by atoms with Crippen LogP contribution in [0.1, 0.15) is 0 Å². The molecule has 0 N–H and O–H groups in total. The van der Waals surface area contributed by atoms with Gasteiger partial charge in [0.25, 0.3) is 0 Å². The molecular weight excluding hydrogens is 558 g/mol. The van der Waals surface area contributed by atoms with E-state index >= 15 is 0 Å². The Morgan fingerprint density at radius 3 is 1.93 bits per heavy atom. The largest absolute Gasteiger partial charge is 0.309 e. The van der Waals surface area contributed by atoms with E-state index < -0.39 is 0 Å². The zero-order chi connectivity index (χ0) is 30.2. The molecule has 0 bridgehead atoms. The highest BCUT2D eigenvalue weighted by molar-refractivity contribution is 6.22. The van der Waals surface area contributed by atoms with Gasteiger partial charge in [-0.1, -0.05) is 121 Å². The molecule has 3 heteroatoms. The highest BCUT2D eigenvalue weighted by Gasteiger charge is 2.19. The Morgan fingerprint density at radius 1 is 0.391 bits per heavy atom. The van der Waals surface area contributed by atoms with E-state index in [1.807, 2.05) is 0 Å². The van der Waals surface area contributed by atoms with Crippen molar-refractivity contribution >= 4 is 65.2 Å². The maximum atomic E-state index is 5.23. The lowest BCUT2D eigenvalue weighted by Gasteiger charge is -2.14. The van der Waals surface area contributed by atoms with Crippen molar-refractivity contribution in [3.05, 3.63) is 164 Å². The lowest BCUT2D eigenvalue weighted by molar-refractivity contribution is 1.11. The number of benzene rings is 8. The van der Waals surface area contributed by atoms with Gasteiger partial charge >= 0.3 is 0 Å². The van der Waals surface area contributed by atoms with Crippen molar-refractivity contribution in [3.8, 4) is 22.8 Å². The van der Waals surface area contributed by atoms with E-state index in [0.717, 1.165) is 33.8 Å². The molecule has 0 aliphatic heterocycles. The van der Waals surface area contributed by atoms with Crippen molar-refractivity contribution in [2.75, 3.05) is 0 Å². The number of nitrogens with zero attached hydrogens (tertiary/aromatic N) is 3. The van der Waals surface area contributed by atoms with Crippen molar-refractivity contribution < 1.29 is 0 Å². The van der Waals surface area contributed by atoms with E-state index in [4.69, 9.17) is 4.98 Å². The fraction of sp³-hybridized carbons (Fsp3) is 0. The molecule has 0 fully saturated rings. The van der Waals surface area contributed by atoms with E-state index in [2.05, 4.69) is 173 Å². The molecular formula is C43H27N3. The maximum absolute atomic E-state index is 5.23. The Bertz CT molecular complexity index is 2790. The lowest BCUT2D eigenvalue weighted by atomic mass is 10.00. The smallest absolute Gasteiger partial charge is 0.145 e. The number of hydrogen-bond donors (Lipinski definition) is 0. The van der Waals surface area contributed by atoms with Gasteiger partial charge in [-0.25, -0.2) is 4.98 Å². The SMILES string of the molecule is c1ccc(-c2nc3ccc4ccc5cc(-n6c7ccccc7c7c8ccccc8ccc76)ccc5c4c3n2-c2ccccc2)cc1. The molecule has 10 rings (SSSR count). The number of imidazole rings is 1. The molecule has 0 unspecified atom stereocenters. The van der Waals surface area contributed by atoms with Gasteiger partial charge in [-0.3, -0.25) is 4.57 Å². The lowest BCUT2D eigenvalue weighted by Crippen LogP contribution is -1.98. The van der Waals surface area contributed by atoms with Crippen molar-refractivity contribution in [2.24, 2.45) is 0 Å². The summed E-state index contributed by atoms with van der Waals surface area (Å²) in [5, 5.41) is 9.95. The predicted molar refractivity (Wildman–Crippen MR) is 193 cm³/mol. The number of para-hydroxylation sites is 2. The first-order chi connectivity index (χ1) is 22.8. The van der Waals surface area contributed by atoms with Crippen LogP contribution in [0.3, 0.4) is 0 Å². The summed E-state index contributed by atoms with van der Waals surface area (Å²) in [6.45, 7) is 0. The number of rotatable bonds is 3. The summed E-state index contributed by atoms with van der Waals surface area (Å²) in [4.78, 5) is 5.23. The molecule has 0 amide bonds. The number of hydrogen-bond acceptors (Lipinski definition) is 1. The van der Waals surface area contributed by atoms with Crippen molar-refractivity contribution in [3.63, 3.8) is 0 Å². The minimum Gasteiger partial charge on any atom is -0.309 e. The van der Waals surface area contributed by atoms with Crippen molar-refractivity contribution in [2.45, 2.75) is 0 Å². The number of aromatic nitrogens is 3. The van der Waals surface area contributed by atoms with Gasteiger partial charge in [0.2, 0.25) is 0 Å². The Morgan fingerprint density at radius 2 is 1.07 bits per heavy atom. The summed E-state index contributed by atoms with van der Waals surface area (Å²) in [5.74, 6) is 0.945. The molecule has 0 saturated heterocycles. The summed E-state index contributed by atoms with van der Waals surface area (Å²) in [6, 6.07) is 58.9. The van der Waals surface area contributed by atoms with Gasteiger partial charge in [-0.15, -0.1) is 0 Å². The first-order valence-electron chi connectivity index (χ1n) is 15.7. The molecule has 0 atom stereocenters. The van der Waals surface area contributed by atoms with Gasteiger partial charge in [0, 0.05) is 33.1 Å². The topological polar surface area (TPSA) is 22.8 Å². The fourth-order valence-corrected chi connectivity index (χ4v) is 7.47. The van der Waals surface area contributed by atoms with Crippen LogP contribution in [0.4, 0.5) is 0 Å². The molecule has 8 aromatic carbocycles. The second-order valence-corrected chi connectivity index (χ2v) is 12.0. The van der Waals surface area contributed by atoms with Gasteiger partial charge < -0.3 is 4.57 Å². The van der Waals surface area contributed by atoms with Gasteiger partial charge in [0.15, 0.2) is 0 Å². The monoisotopic (exact) mass is 585 g/mol. The molecule has 0 spiro atoms. The molecule has 0 radical (unpaired) electrons. The molecule has 0 saturated carbocycles. The van der Waals surface area contributed by atoms with Gasteiger partial charge in [-0.2, -0.15) is 0 Å². The molecule has 3 nitrogen and oxygen atoms in total. The number of fused-ring (bicyclic) bond motifs is 10. The molecule has 2 aromatic heterocycles. The van der Waals surface area contributed by atoms with E-state index in [1.165, 1.54) is 54.1 Å². The van der Waals surface area contributed by atoms with E-state index in [0.29, 0.717) is 0 Å². The first-order valence-corrected chi connectivity index (χ1v) is 15.7. The quantitative estimate of drug-likeness (QED) is 0.189. The van der Waals surface area contributed by atoms with E-state index in [9.17, 15) is 0 Å². The van der Waals surface area contributed by atoms with Crippen LogP contribution < -0.4 is 0 Å². The maximum Gasteiger partial charge on any atom is 0.145 e. The fourth-order valence-electron chi connectivity index (χ4n) is 7.47. The highest BCUT2D eigenvalue weighted by Crippen LogP contribution is 2.40. The Labute approximate surface area is 265 Å². The van der Waals surface area contributed by atoms with Crippen LogP contribution in [0.2, 0.25) is 0 Å². The molecule has 0 aliphatic rings. The van der Waals surface area contributed by atoms with Crippen LogP contribution in [-0.4, -0.2) is 14.1 Å². The third kappa shape index (κ3) is 3.57. The minimum atomic E-state index is 0.945. The Hall–Kier alpha value is -6.19. The van der Waals surface area contributed by atoms with Crippen LogP contribution in [0.5, 0.6) is 0 Å². The Kier molecular flexibility index (Phi) is 5.28. The predicted octanol–water partition coefficient (Wildman–Crippen LogP) is 11.2. The molecule has 0 aliphatic carbocycles. The third-order valence-corrected chi connectivity index (χ3v) is 9.46. The van der Waals surface area contributed by atoms with Crippen LogP contribution in [0, 0.1) is 0 Å². The summed E-state index contributed by atoms with van der Waals surface area (Å²) in [5.41, 5.74) is 7.90. The zero-order valence-corrected chi connectivity index (χ0v) is 24.9. The van der Waals surface area contributed by atoms with Crippen LogP contribution in [0.25, 0.3) is 87.9 Å². The van der Waals surface area contributed by atoms with Gasteiger partial charge in [0.1, 0.15) is 5.82 Å². The average molecular weight is 586 g/mol. The molecule has 10 aromatic rings.